The Morgan fingerprint density at radius 2 is 2.12 bits per heavy atom. The molecule has 3 heterocycles. The van der Waals surface area contributed by atoms with Crippen molar-refractivity contribution in [1.82, 2.24) is 14.3 Å². The number of aromatic nitrogens is 2. The minimum Gasteiger partial charge on any atom is -0.370 e. The summed E-state index contributed by atoms with van der Waals surface area (Å²) in [5.74, 6) is 0.325. The molecule has 0 saturated carbocycles. The van der Waals surface area contributed by atoms with E-state index >= 15 is 0 Å². The second-order valence-electron chi connectivity index (χ2n) is 5.93. The summed E-state index contributed by atoms with van der Waals surface area (Å²) >= 11 is 6.53. The van der Waals surface area contributed by atoms with Crippen LogP contribution in [0.1, 0.15) is 31.4 Å². The molecule has 3 rings (SSSR count). The predicted octanol–water partition coefficient (Wildman–Crippen LogP) is 3.05. The molecule has 26 heavy (non-hydrogen) atoms. The molecule has 0 spiro atoms. The highest BCUT2D eigenvalue weighted by Gasteiger charge is 2.31. The van der Waals surface area contributed by atoms with Crippen molar-refractivity contribution in [2.45, 2.75) is 27.2 Å². The number of pyridine rings is 1. The van der Waals surface area contributed by atoms with E-state index < -0.39 is 0 Å². The standard InChI is InChI=1S/C18H20N4O2S2/c1-4-8-22-17(24)13(26-18(22)25)10-12-14(19-5-2)20-15-11(3)7-6-9-21(15)16(12)23/h6-7,9-10,19H,4-5,8H2,1-3H3/b13-10+. The van der Waals surface area contributed by atoms with Crippen LogP contribution in [0.25, 0.3) is 11.7 Å². The second kappa shape index (κ2) is 7.59. The van der Waals surface area contributed by atoms with Crippen LogP contribution < -0.4 is 10.9 Å². The zero-order valence-electron chi connectivity index (χ0n) is 14.9. The topological polar surface area (TPSA) is 66.7 Å². The zero-order chi connectivity index (χ0) is 18.8. The third kappa shape index (κ3) is 3.26. The van der Waals surface area contributed by atoms with Crippen molar-refractivity contribution >= 4 is 51.7 Å². The van der Waals surface area contributed by atoms with E-state index in [2.05, 4.69) is 10.3 Å². The molecule has 1 amide bonds. The van der Waals surface area contributed by atoms with Gasteiger partial charge < -0.3 is 5.32 Å². The molecule has 1 aliphatic heterocycles. The molecular weight excluding hydrogens is 368 g/mol. The Kier molecular flexibility index (Phi) is 5.43. The molecule has 1 aliphatic rings. The summed E-state index contributed by atoms with van der Waals surface area (Å²) < 4.78 is 2.03. The molecule has 6 nitrogen and oxygen atoms in total. The van der Waals surface area contributed by atoms with Gasteiger partial charge >= 0.3 is 0 Å². The van der Waals surface area contributed by atoms with Crippen molar-refractivity contribution in [3.8, 4) is 0 Å². The smallest absolute Gasteiger partial charge is 0.267 e. The predicted molar refractivity (Wildman–Crippen MR) is 111 cm³/mol. The highest BCUT2D eigenvalue weighted by atomic mass is 32.2. The number of carbonyl (C=O) groups is 1. The first kappa shape index (κ1) is 18.6. The number of nitrogens with one attached hydrogen (secondary N) is 1. The van der Waals surface area contributed by atoms with Crippen LogP contribution in [0.15, 0.2) is 28.0 Å². The minimum absolute atomic E-state index is 0.155. The summed E-state index contributed by atoms with van der Waals surface area (Å²) in [6.45, 7) is 7.04. The maximum atomic E-state index is 13.0. The number of carbonyl (C=O) groups excluding carboxylic acids is 1. The van der Waals surface area contributed by atoms with Crippen molar-refractivity contribution in [2.24, 2.45) is 0 Å². The van der Waals surface area contributed by atoms with Gasteiger partial charge in [-0.25, -0.2) is 4.98 Å². The van der Waals surface area contributed by atoms with Gasteiger partial charge in [0.15, 0.2) is 0 Å². The van der Waals surface area contributed by atoms with Gasteiger partial charge in [-0.2, -0.15) is 0 Å². The molecule has 0 bridgehead atoms. The van der Waals surface area contributed by atoms with Crippen LogP contribution in [0.3, 0.4) is 0 Å². The fourth-order valence-electron chi connectivity index (χ4n) is 2.79. The average molecular weight is 389 g/mol. The normalized spacial score (nSPS) is 16.1. The van der Waals surface area contributed by atoms with E-state index in [9.17, 15) is 9.59 Å². The van der Waals surface area contributed by atoms with E-state index in [4.69, 9.17) is 12.2 Å². The quantitative estimate of drug-likeness (QED) is 0.627. The lowest BCUT2D eigenvalue weighted by molar-refractivity contribution is -0.122. The van der Waals surface area contributed by atoms with E-state index in [0.717, 1.165) is 12.0 Å². The Hall–Kier alpha value is -2.19. The van der Waals surface area contributed by atoms with Crippen LogP contribution in [-0.4, -0.2) is 37.6 Å². The number of anilines is 1. The van der Waals surface area contributed by atoms with Crippen LogP contribution in [-0.2, 0) is 4.79 Å². The molecular formula is C18H20N4O2S2. The van der Waals surface area contributed by atoms with Gasteiger partial charge in [-0.3, -0.25) is 18.9 Å². The maximum Gasteiger partial charge on any atom is 0.267 e. The van der Waals surface area contributed by atoms with Crippen molar-refractivity contribution in [3.05, 3.63) is 44.7 Å². The molecule has 2 aromatic heterocycles. The summed E-state index contributed by atoms with van der Waals surface area (Å²) in [5.41, 5.74) is 1.66. The van der Waals surface area contributed by atoms with E-state index in [1.807, 2.05) is 32.9 Å². The van der Waals surface area contributed by atoms with Crippen LogP contribution in [0.2, 0.25) is 0 Å². The summed E-state index contributed by atoms with van der Waals surface area (Å²) in [7, 11) is 0. The molecule has 0 radical (unpaired) electrons. The van der Waals surface area contributed by atoms with Crippen LogP contribution in [0, 0.1) is 6.92 Å². The Bertz CT molecular complexity index is 981. The molecule has 0 unspecified atom stereocenters. The Morgan fingerprint density at radius 1 is 1.35 bits per heavy atom. The summed E-state index contributed by atoms with van der Waals surface area (Å²) in [4.78, 5) is 32.3. The number of thioether (sulfide) groups is 1. The number of aryl methyl sites for hydroxylation is 1. The Morgan fingerprint density at radius 3 is 2.81 bits per heavy atom. The average Bonchev–Trinajstić information content (AvgIpc) is 2.87. The van der Waals surface area contributed by atoms with Crippen LogP contribution in [0.4, 0.5) is 5.82 Å². The van der Waals surface area contributed by atoms with E-state index in [0.29, 0.717) is 39.3 Å². The van der Waals surface area contributed by atoms with Crippen LogP contribution in [0.5, 0.6) is 0 Å². The van der Waals surface area contributed by atoms with Crippen molar-refractivity contribution in [2.75, 3.05) is 18.4 Å². The minimum atomic E-state index is -0.213. The number of hydrogen-bond donors (Lipinski definition) is 1. The van der Waals surface area contributed by atoms with Gasteiger partial charge in [0.25, 0.3) is 11.5 Å². The van der Waals surface area contributed by atoms with Gasteiger partial charge in [-0.1, -0.05) is 37.0 Å². The van der Waals surface area contributed by atoms with Gasteiger partial charge in [0.2, 0.25) is 0 Å². The number of fused-ring (bicyclic) bond motifs is 1. The number of hydrogen-bond acceptors (Lipinski definition) is 6. The fourth-order valence-corrected chi connectivity index (χ4v) is 4.08. The lowest BCUT2D eigenvalue weighted by Crippen LogP contribution is -2.28. The summed E-state index contributed by atoms with van der Waals surface area (Å²) in [6, 6.07) is 3.72. The highest BCUT2D eigenvalue weighted by molar-refractivity contribution is 8.26. The summed E-state index contributed by atoms with van der Waals surface area (Å²) in [5, 5.41) is 3.14. The molecule has 8 heteroatoms. The van der Waals surface area contributed by atoms with Gasteiger partial charge in [0.05, 0.1) is 10.5 Å². The zero-order valence-corrected chi connectivity index (χ0v) is 16.5. The molecule has 136 valence electrons. The Balaban J connectivity index is 2.17. The molecule has 0 atom stereocenters. The number of rotatable bonds is 5. The van der Waals surface area contributed by atoms with E-state index in [1.54, 1.807) is 17.2 Å². The first-order valence-electron chi connectivity index (χ1n) is 8.49. The lowest BCUT2D eigenvalue weighted by atomic mass is 10.2. The largest absolute Gasteiger partial charge is 0.370 e. The SMILES string of the molecule is CCCN1C(=O)/C(=C\c2c(NCC)nc3c(C)cccn3c2=O)SC1=S. The molecule has 0 aromatic carbocycles. The summed E-state index contributed by atoms with van der Waals surface area (Å²) in [6.07, 6.45) is 4.12. The molecule has 0 aliphatic carbocycles. The monoisotopic (exact) mass is 388 g/mol. The Labute approximate surface area is 161 Å². The first-order valence-corrected chi connectivity index (χ1v) is 9.71. The van der Waals surface area contributed by atoms with Crippen LogP contribution >= 0.6 is 24.0 Å². The van der Waals surface area contributed by atoms with Crippen molar-refractivity contribution in [1.29, 1.82) is 0 Å². The van der Waals surface area contributed by atoms with Crippen molar-refractivity contribution in [3.63, 3.8) is 0 Å². The fraction of sp³-hybridized carbons (Fsp3) is 0.333. The maximum absolute atomic E-state index is 13.0. The molecule has 1 N–H and O–H groups in total. The number of nitrogens with zero attached hydrogens (tertiary/aromatic N) is 3. The van der Waals surface area contributed by atoms with Crippen molar-refractivity contribution < 1.29 is 4.79 Å². The van der Waals surface area contributed by atoms with E-state index in [1.165, 1.54) is 16.2 Å². The molecule has 2 aromatic rings. The molecule has 1 saturated heterocycles. The lowest BCUT2D eigenvalue weighted by Gasteiger charge is -2.12. The third-order valence-electron chi connectivity index (χ3n) is 4.02. The first-order chi connectivity index (χ1) is 12.5. The number of amides is 1. The van der Waals surface area contributed by atoms with E-state index in [-0.39, 0.29) is 11.5 Å². The second-order valence-corrected chi connectivity index (χ2v) is 7.60. The van der Waals surface area contributed by atoms with Gasteiger partial charge in [-0.05, 0) is 38.0 Å². The van der Waals surface area contributed by atoms with Gasteiger partial charge in [-0.15, -0.1) is 0 Å². The third-order valence-corrected chi connectivity index (χ3v) is 5.40. The number of thiocarbonyl (C=S) groups is 1. The molecule has 1 fully saturated rings. The highest BCUT2D eigenvalue weighted by Crippen LogP contribution is 2.33. The van der Waals surface area contributed by atoms with Gasteiger partial charge in [0.1, 0.15) is 15.8 Å². The van der Waals surface area contributed by atoms with Gasteiger partial charge in [0, 0.05) is 19.3 Å².